The molecule has 3 heterocycles. The first kappa shape index (κ1) is 25.1. The Hall–Kier alpha value is -3.48. The SMILES string of the molecule is CN=C(/C=C(\N)c1cnc2cc(OC)c(S(O)(O)C(C)(C)C)cn12)C(=O)NCc1ccncn1.[HH]. The van der Waals surface area contributed by atoms with Gasteiger partial charge in [-0.15, -0.1) is 0 Å². The second-order valence-electron chi connectivity index (χ2n) is 8.33. The summed E-state index contributed by atoms with van der Waals surface area (Å²) in [6.07, 6.45) is 7.50. The van der Waals surface area contributed by atoms with Crippen LogP contribution in [0.1, 0.15) is 33.6 Å². The van der Waals surface area contributed by atoms with Gasteiger partial charge < -0.3 is 15.8 Å². The van der Waals surface area contributed by atoms with Crippen LogP contribution >= 0.6 is 10.6 Å². The Labute approximate surface area is 200 Å². The van der Waals surface area contributed by atoms with E-state index in [0.717, 1.165) is 0 Å². The summed E-state index contributed by atoms with van der Waals surface area (Å²) in [5.41, 5.74) is 8.22. The van der Waals surface area contributed by atoms with Gasteiger partial charge in [-0.25, -0.2) is 15.0 Å². The molecule has 12 heteroatoms. The van der Waals surface area contributed by atoms with Crippen LogP contribution in [0.3, 0.4) is 0 Å². The van der Waals surface area contributed by atoms with Crippen molar-refractivity contribution in [2.75, 3.05) is 14.2 Å². The third-order valence-corrected chi connectivity index (χ3v) is 7.72. The molecular formula is C22H31N7O4S. The number of nitrogens with one attached hydrogen (secondary N) is 1. The number of pyridine rings is 1. The van der Waals surface area contributed by atoms with E-state index < -0.39 is 21.2 Å². The van der Waals surface area contributed by atoms with Crippen LogP contribution in [0.2, 0.25) is 0 Å². The molecule has 0 radical (unpaired) electrons. The van der Waals surface area contributed by atoms with Gasteiger partial charge in [-0.3, -0.25) is 23.3 Å². The first-order chi connectivity index (χ1) is 16.0. The number of fused-ring (bicyclic) bond motifs is 1. The van der Waals surface area contributed by atoms with E-state index in [1.54, 1.807) is 49.7 Å². The number of methoxy groups -OCH3 is 1. The molecule has 0 aliphatic rings. The van der Waals surface area contributed by atoms with Crippen molar-refractivity contribution in [2.45, 2.75) is 37.0 Å². The van der Waals surface area contributed by atoms with Crippen molar-refractivity contribution < 1.29 is 20.1 Å². The topological polar surface area (TPSA) is 160 Å². The average molecular weight is 490 g/mol. The number of hydrogen-bond acceptors (Lipinski definition) is 9. The zero-order chi connectivity index (χ0) is 25.1. The van der Waals surface area contributed by atoms with Crippen LogP contribution in [-0.4, -0.2) is 59.0 Å². The average Bonchev–Trinajstić information content (AvgIpc) is 3.23. The van der Waals surface area contributed by atoms with Gasteiger partial charge in [0.15, 0.2) is 0 Å². The highest BCUT2D eigenvalue weighted by molar-refractivity contribution is 8.25. The molecule has 0 bridgehead atoms. The third-order valence-electron chi connectivity index (χ3n) is 5.09. The Morgan fingerprint density at radius 2 is 2.12 bits per heavy atom. The summed E-state index contributed by atoms with van der Waals surface area (Å²) in [6.45, 7) is 5.41. The van der Waals surface area contributed by atoms with Gasteiger partial charge in [0, 0.05) is 26.9 Å². The molecule has 0 atom stereocenters. The van der Waals surface area contributed by atoms with E-state index in [0.29, 0.717) is 22.8 Å². The number of ether oxygens (including phenoxy) is 1. The number of nitrogens with zero attached hydrogens (tertiary/aromatic N) is 5. The number of carbonyl (C=O) groups excluding carboxylic acids is 1. The molecule has 0 spiro atoms. The molecule has 3 aromatic heterocycles. The van der Waals surface area contributed by atoms with E-state index in [1.165, 1.54) is 32.8 Å². The number of aromatic nitrogens is 4. The minimum Gasteiger partial charge on any atom is -0.495 e. The quantitative estimate of drug-likeness (QED) is 0.368. The largest absolute Gasteiger partial charge is 0.495 e. The lowest BCUT2D eigenvalue weighted by molar-refractivity contribution is -0.114. The number of imidazole rings is 1. The predicted molar refractivity (Wildman–Crippen MR) is 134 cm³/mol. The fourth-order valence-corrected chi connectivity index (χ4v) is 4.38. The molecule has 0 aromatic carbocycles. The highest BCUT2D eigenvalue weighted by Crippen LogP contribution is 2.61. The number of aliphatic imine (C=N–C) groups is 1. The van der Waals surface area contributed by atoms with Crippen LogP contribution in [0.4, 0.5) is 0 Å². The zero-order valence-electron chi connectivity index (χ0n) is 19.7. The van der Waals surface area contributed by atoms with Crippen LogP contribution < -0.4 is 15.8 Å². The third kappa shape index (κ3) is 5.03. The molecule has 0 saturated heterocycles. The predicted octanol–water partition coefficient (Wildman–Crippen LogP) is 2.97. The Morgan fingerprint density at radius 3 is 2.71 bits per heavy atom. The second-order valence-corrected chi connectivity index (χ2v) is 11.1. The molecule has 184 valence electrons. The van der Waals surface area contributed by atoms with E-state index in [4.69, 9.17) is 10.5 Å². The first-order valence-corrected chi connectivity index (χ1v) is 11.8. The van der Waals surface area contributed by atoms with Crippen molar-refractivity contribution in [2.24, 2.45) is 10.7 Å². The fraction of sp³-hybridized carbons (Fsp3) is 0.318. The van der Waals surface area contributed by atoms with Gasteiger partial charge in [0.25, 0.3) is 5.91 Å². The highest BCUT2D eigenvalue weighted by atomic mass is 32.3. The van der Waals surface area contributed by atoms with E-state index >= 15 is 0 Å². The standard InChI is InChI=1S/C22H29N7O4S.H2/c1-22(2,3)34(31,32)19-12-29-17(11-26-20(29)9-18(19)33-5)15(23)8-16(24-4)21(30)27-10-14-6-7-25-13-28-14;/h6-9,11-13,31-32H,10,23H2,1-5H3,(H,27,30);1H/b15-8-,24-16?;. The number of hydrogen-bond donors (Lipinski definition) is 4. The molecule has 0 fully saturated rings. The van der Waals surface area contributed by atoms with E-state index in [-0.39, 0.29) is 24.3 Å². The van der Waals surface area contributed by atoms with Crippen molar-refractivity contribution >= 4 is 33.6 Å². The van der Waals surface area contributed by atoms with Gasteiger partial charge in [0.05, 0.1) is 41.7 Å². The number of amides is 1. The lowest BCUT2D eigenvalue weighted by atomic mass is 10.2. The second kappa shape index (κ2) is 9.79. The summed E-state index contributed by atoms with van der Waals surface area (Å²) < 4.78 is 28.1. The van der Waals surface area contributed by atoms with Gasteiger partial charge in [-0.1, -0.05) is 0 Å². The maximum atomic E-state index is 12.6. The molecule has 3 aromatic rings. The maximum Gasteiger partial charge on any atom is 0.269 e. The molecule has 0 unspecified atom stereocenters. The van der Waals surface area contributed by atoms with E-state index in [1.807, 2.05) is 0 Å². The van der Waals surface area contributed by atoms with Crippen LogP contribution in [-0.2, 0) is 11.3 Å². The summed E-state index contributed by atoms with van der Waals surface area (Å²) >= 11 is 0. The van der Waals surface area contributed by atoms with Gasteiger partial charge >= 0.3 is 0 Å². The molecule has 1 amide bonds. The van der Waals surface area contributed by atoms with E-state index in [2.05, 4.69) is 25.3 Å². The van der Waals surface area contributed by atoms with Gasteiger partial charge in [0.1, 0.15) is 28.3 Å². The minimum atomic E-state index is -3.24. The molecule has 0 aliphatic carbocycles. The molecular weight excluding hydrogens is 458 g/mol. The van der Waals surface area contributed by atoms with Gasteiger partial charge in [-0.2, -0.15) is 10.6 Å². The van der Waals surface area contributed by atoms with Crippen LogP contribution in [0.5, 0.6) is 5.75 Å². The van der Waals surface area contributed by atoms with Crippen molar-refractivity contribution in [1.82, 2.24) is 24.7 Å². The summed E-state index contributed by atoms with van der Waals surface area (Å²) in [7, 11) is -0.298. The molecule has 34 heavy (non-hydrogen) atoms. The van der Waals surface area contributed by atoms with Gasteiger partial charge in [-0.05, 0) is 32.9 Å². The molecule has 0 saturated carbocycles. The number of rotatable bonds is 7. The molecule has 5 N–H and O–H groups in total. The van der Waals surface area contributed by atoms with Crippen molar-refractivity contribution in [3.63, 3.8) is 0 Å². The summed E-state index contributed by atoms with van der Waals surface area (Å²) in [5.74, 6) is -0.121. The van der Waals surface area contributed by atoms with Crippen LogP contribution in [0.15, 0.2) is 53.0 Å². The molecule has 3 rings (SSSR count). The monoisotopic (exact) mass is 489 g/mol. The lowest BCUT2D eigenvalue weighted by Crippen LogP contribution is -2.30. The molecule has 0 aliphatic heterocycles. The summed E-state index contributed by atoms with van der Waals surface area (Å²) in [6, 6.07) is 3.30. The van der Waals surface area contributed by atoms with Crippen LogP contribution in [0, 0.1) is 0 Å². The zero-order valence-corrected chi connectivity index (χ0v) is 20.5. The maximum absolute atomic E-state index is 12.6. The lowest BCUT2D eigenvalue weighted by Gasteiger charge is -2.44. The molecule has 11 nitrogen and oxygen atoms in total. The Kier molecular flexibility index (Phi) is 7.24. The van der Waals surface area contributed by atoms with Crippen molar-refractivity contribution in [1.29, 1.82) is 0 Å². The number of carbonyl (C=O) groups is 1. The van der Waals surface area contributed by atoms with E-state index in [9.17, 15) is 13.9 Å². The van der Waals surface area contributed by atoms with Gasteiger partial charge in [0.2, 0.25) is 0 Å². The smallest absolute Gasteiger partial charge is 0.269 e. The number of nitrogens with two attached hydrogens (primary N) is 1. The highest BCUT2D eigenvalue weighted by Gasteiger charge is 2.34. The first-order valence-electron chi connectivity index (χ1n) is 10.3. The summed E-state index contributed by atoms with van der Waals surface area (Å²) in [4.78, 5) is 29.1. The Balaban J connectivity index is 0.00000432. The Morgan fingerprint density at radius 1 is 1.38 bits per heavy atom. The van der Waals surface area contributed by atoms with Crippen molar-refractivity contribution in [3.8, 4) is 5.75 Å². The fourth-order valence-electron chi connectivity index (χ4n) is 3.04. The minimum absolute atomic E-state index is 0. The van der Waals surface area contributed by atoms with Crippen LogP contribution in [0.25, 0.3) is 11.3 Å². The summed E-state index contributed by atoms with van der Waals surface area (Å²) in [5, 5.41) is 2.74. The van der Waals surface area contributed by atoms with Crippen molar-refractivity contribution in [3.05, 3.63) is 54.5 Å². The Bertz CT molecular complexity index is 1250. The normalized spacial score (nSPS) is 13.7.